The molecule has 1 heterocycles. The lowest BCUT2D eigenvalue weighted by atomic mass is 10.0. The van der Waals surface area contributed by atoms with E-state index in [4.69, 9.17) is 0 Å². The summed E-state index contributed by atoms with van der Waals surface area (Å²) in [5.74, 6) is 0.930. The first-order chi connectivity index (χ1) is 7.81. The summed E-state index contributed by atoms with van der Waals surface area (Å²) in [6.07, 6.45) is 9.20. The Kier molecular flexibility index (Phi) is 3.94. The molecule has 1 aromatic rings. The lowest BCUT2D eigenvalue weighted by Gasteiger charge is -2.23. The van der Waals surface area contributed by atoms with Gasteiger partial charge in [-0.15, -0.1) is 0 Å². The summed E-state index contributed by atoms with van der Waals surface area (Å²) in [6, 6.07) is 5.30. The van der Waals surface area contributed by atoms with Crippen LogP contribution in [-0.2, 0) is 0 Å². The molecule has 2 heteroatoms. The van der Waals surface area contributed by atoms with Crippen molar-refractivity contribution in [2.45, 2.75) is 51.6 Å². The van der Waals surface area contributed by atoms with Crippen molar-refractivity contribution in [2.75, 3.05) is 0 Å². The van der Waals surface area contributed by atoms with Gasteiger partial charge in [-0.2, -0.15) is 0 Å². The Morgan fingerprint density at radius 1 is 1.50 bits per heavy atom. The van der Waals surface area contributed by atoms with E-state index in [1.54, 1.807) is 0 Å². The second-order valence-corrected chi connectivity index (χ2v) is 4.91. The highest BCUT2D eigenvalue weighted by atomic mass is 15.0. The summed E-state index contributed by atoms with van der Waals surface area (Å²) in [7, 11) is 0. The number of hydrogen-bond acceptors (Lipinski definition) is 2. The van der Waals surface area contributed by atoms with E-state index in [1.165, 1.54) is 31.2 Å². The van der Waals surface area contributed by atoms with Gasteiger partial charge in [0.1, 0.15) is 0 Å². The van der Waals surface area contributed by atoms with Gasteiger partial charge in [-0.05, 0) is 43.7 Å². The van der Waals surface area contributed by atoms with Crippen LogP contribution in [0.15, 0.2) is 24.5 Å². The minimum atomic E-state index is 0.422. The number of pyridine rings is 1. The Morgan fingerprint density at radius 3 is 2.88 bits per heavy atom. The Morgan fingerprint density at radius 2 is 2.31 bits per heavy atom. The van der Waals surface area contributed by atoms with Crippen LogP contribution in [0.1, 0.15) is 51.1 Å². The molecule has 1 fully saturated rings. The maximum Gasteiger partial charge on any atom is 0.0315 e. The third-order valence-corrected chi connectivity index (χ3v) is 3.44. The second kappa shape index (κ2) is 5.44. The molecule has 0 saturated heterocycles. The van der Waals surface area contributed by atoms with E-state index in [0.717, 1.165) is 5.92 Å². The number of nitrogens with one attached hydrogen (secondary N) is 1. The van der Waals surface area contributed by atoms with Crippen LogP contribution in [0.2, 0.25) is 0 Å². The van der Waals surface area contributed by atoms with Crippen LogP contribution in [0.4, 0.5) is 0 Å². The highest BCUT2D eigenvalue weighted by molar-refractivity contribution is 5.13. The fraction of sp³-hybridized carbons (Fsp3) is 0.643. The first kappa shape index (κ1) is 11.6. The Labute approximate surface area is 98.5 Å². The summed E-state index contributed by atoms with van der Waals surface area (Å²) in [6.45, 7) is 4.51. The van der Waals surface area contributed by atoms with Crippen molar-refractivity contribution in [1.82, 2.24) is 10.3 Å². The minimum absolute atomic E-state index is 0.422. The molecular formula is C14H22N2. The van der Waals surface area contributed by atoms with Gasteiger partial charge < -0.3 is 5.32 Å². The summed E-state index contributed by atoms with van der Waals surface area (Å²) < 4.78 is 0. The van der Waals surface area contributed by atoms with Crippen molar-refractivity contribution >= 4 is 0 Å². The number of aromatic nitrogens is 1. The fourth-order valence-corrected chi connectivity index (χ4v) is 2.31. The van der Waals surface area contributed by atoms with Gasteiger partial charge in [0.25, 0.3) is 0 Å². The first-order valence-corrected chi connectivity index (χ1v) is 6.47. The molecule has 16 heavy (non-hydrogen) atoms. The maximum absolute atomic E-state index is 4.18. The molecule has 0 aromatic carbocycles. The smallest absolute Gasteiger partial charge is 0.0315 e. The molecule has 2 rings (SSSR count). The highest BCUT2D eigenvalue weighted by Gasteiger charge is 2.31. The quantitative estimate of drug-likeness (QED) is 0.792. The summed E-state index contributed by atoms with van der Waals surface area (Å²) >= 11 is 0. The molecule has 88 valence electrons. The zero-order chi connectivity index (χ0) is 11.4. The lowest BCUT2D eigenvalue weighted by molar-refractivity contribution is 0.390. The zero-order valence-corrected chi connectivity index (χ0v) is 10.3. The Balaban J connectivity index is 1.92. The molecule has 2 unspecified atom stereocenters. The van der Waals surface area contributed by atoms with Gasteiger partial charge in [0.05, 0.1) is 0 Å². The Bertz CT molecular complexity index is 306. The van der Waals surface area contributed by atoms with E-state index < -0.39 is 0 Å². The molecule has 2 atom stereocenters. The number of hydrogen-bond donors (Lipinski definition) is 1. The molecular weight excluding hydrogens is 196 g/mol. The molecule has 0 bridgehead atoms. The molecule has 0 aliphatic heterocycles. The number of nitrogens with zero attached hydrogens (tertiary/aromatic N) is 1. The van der Waals surface area contributed by atoms with Crippen LogP contribution >= 0.6 is 0 Å². The predicted octanol–water partition coefficient (Wildman–Crippen LogP) is 3.31. The largest absolute Gasteiger partial charge is 0.307 e. The Hall–Kier alpha value is -0.890. The molecule has 0 spiro atoms. The lowest BCUT2D eigenvalue weighted by Crippen LogP contribution is -2.33. The van der Waals surface area contributed by atoms with Crippen LogP contribution in [-0.4, -0.2) is 11.0 Å². The normalized spacial score (nSPS) is 19.4. The molecule has 1 saturated carbocycles. The monoisotopic (exact) mass is 218 g/mol. The van der Waals surface area contributed by atoms with Gasteiger partial charge in [0.2, 0.25) is 0 Å². The third kappa shape index (κ3) is 3.05. The molecule has 1 aliphatic rings. The topological polar surface area (TPSA) is 24.9 Å². The average Bonchev–Trinajstić information content (AvgIpc) is 3.13. The van der Waals surface area contributed by atoms with Crippen molar-refractivity contribution in [2.24, 2.45) is 5.92 Å². The van der Waals surface area contributed by atoms with Crippen molar-refractivity contribution < 1.29 is 0 Å². The molecule has 2 nitrogen and oxygen atoms in total. The molecule has 1 aliphatic carbocycles. The predicted molar refractivity (Wildman–Crippen MR) is 67.2 cm³/mol. The van der Waals surface area contributed by atoms with Gasteiger partial charge >= 0.3 is 0 Å². The summed E-state index contributed by atoms with van der Waals surface area (Å²) in [5.41, 5.74) is 1.30. The van der Waals surface area contributed by atoms with Gasteiger partial charge in [0, 0.05) is 24.5 Å². The molecule has 1 aromatic heterocycles. The van der Waals surface area contributed by atoms with Gasteiger partial charge in [-0.3, -0.25) is 4.98 Å². The van der Waals surface area contributed by atoms with Crippen LogP contribution in [0.5, 0.6) is 0 Å². The second-order valence-electron chi connectivity index (χ2n) is 4.91. The molecule has 0 amide bonds. The van der Waals surface area contributed by atoms with Crippen molar-refractivity contribution in [3.05, 3.63) is 30.1 Å². The maximum atomic E-state index is 4.18. The van der Waals surface area contributed by atoms with Crippen LogP contribution in [0, 0.1) is 5.92 Å². The van der Waals surface area contributed by atoms with E-state index in [1.807, 2.05) is 18.5 Å². The minimum Gasteiger partial charge on any atom is -0.307 e. The summed E-state index contributed by atoms with van der Waals surface area (Å²) in [4.78, 5) is 4.18. The zero-order valence-electron chi connectivity index (χ0n) is 10.3. The molecule has 1 N–H and O–H groups in total. The third-order valence-electron chi connectivity index (χ3n) is 3.44. The first-order valence-electron chi connectivity index (χ1n) is 6.47. The van der Waals surface area contributed by atoms with E-state index in [2.05, 4.69) is 30.2 Å². The van der Waals surface area contributed by atoms with Gasteiger partial charge in [-0.25, -0.2) is 0 Å². The fourth-order valence-electron chi connectivity index (χ4n) is 2.31. The van der Waals surface area contributed by atoms with E-state index >= 15 is 0 Å². The van der Waals surface area contributed by atoms with Crippen LogP contribution in [0.3, 0.4) is 0 Å². The van der Waals surface area contributed by atoms with Gasteiger partial charge in [-0.1, -0.05) is 19.4 Å². The van der Waals surface area contributed by atoms with Crippen molar-refractivity contribution in [3.63, 3.8) is 0 Å². The standard InChI is InChI=1S/C14H22N2/c1-3-5-14(12-7-8-12)16-11(2)13-6-4-9-15-10-13/h4,6,9-12,14,16H,3,5,7-8H2,1-2H3. The highest BCUT2D eigenvalue weighted by Crippen LogP contribution is 2.35. The van der Waals surface area contributed by atoms with Crippen LogP contribution < -0.4 is 5.32 Å². The summed E-state index contributed by atoms with van der Waals surface area (Å²) in [5, 5.41) is 3.76. The molecule has 0 radical (unpaired) electrons. The van der Waals surface area contributed by atoms with E-state index in [-0.39, 0.29) is 0 Å². The number of rotatable bonds is 6. The average molecular weight is 218 g/mol. The van der Waals surface area contributed by atoms with Gasteiger partial charge in [0.15, 0.2) is 0 Å². The van der Waals surface area contributed by atoms with Crippen molar-refractivity contribution in [3.8, 4) is 0 Å². The van der Waals surface area contributed by atoms with E-state index in [9.17, 15) is 0 Å². The van der Waals surface area contributed by atoms with Crippen molar-refractivity contribution in [1.29, 1.82) is 0 Å². The SMILES string of the molecule is CCCC(NC(C)c1cccnc1)C1CC1. The van der Waals surface area contributed by atoms with E-state index in [0.29, 0.717) is 12.1 Å². The van der Waals surface area contributed by atoms with Crippen LogP contribution in [0.25, 0.3) is 0 Å².